The number of rotatable bonds is 7. The highest BCUT2D eigenvalue weighted by atomic mass is 19.4. The van der Waals surface area contributed by atoms with Crippen molar-refractivity contribution >= 4 is 11.9 Å². The fourth-order valence-electron chi connectivity index (χ4n) is 2.53. The Bertz CT molecular complexity index is 599. The third-order valence-electron chi connectivity index (χ3n) is 3.97. The zero-order chi connectivity index (χ0) is 19.9. The molecular formula is C18H27F3N3O2+. The van der Waals surface area contributed by atoms with E-state index in [1.165, 1.54) is 5.56 Å². The van der Waals surface area contributed by atoms with E-state index in [9.17, 15) is 22.8 Å². The Morgan fingerprint density at radius 1 is 1.04 bits per heavy atom. The standard InChI is InChI=1S/C18H26F3N3O2/c1-11(2)13-5-7-14(8-6-13)16(12(3)4)22-9-15(25)24-17(26)23-10-18(19,20)21/h5-8,11-12,16,22H,9-10H2,1-4H3,(H2,23,24,25,26)/p+1/t16-/m0/s1. The molecule has 0 aliphatic carbocycles. The Balaban J connectivity index is 2.57. The second-order valence-electron chi connectivity index (χ2n) is 6.88. The van der Waals surface area contributed by atoms with Gasteiger partial charge in [-0.1, -0.05) is 52.0 Å². The van der Waals surface area contributed by atoms with E-state index in [4.69, 9.17) is 0 Å². The van der Waals surface area contributed by atoms with Crippen LogP contribution in [-0.2, 0) is 4.79 Å². The highest BCUT2D eigenvalue weighted by Crippen LogP contribution is 2.21. The average Bonchev–Trinajstić information content (AvgIpc) is 2.52. The Morgan fingerprint density at radius 2 is 1.58 bits per heavy atom. The number of alkyl halides is 3. The summed E-state index contributed by atoms with van der Waals surface area (Å²) in [6.45, 7) is 6.71. The number of quaternary nitrogens is 1. The number of hydrogen-bond acceptors (Lipinski definition) is 2. The molecule has 0 spiro atoms. The first-order valence-corrected chi connectivity index (χ1v) is 8.57. The first kappa shape index (κ1) is 22.0. The van der Waals surface area contributed by atoms with Crippen LogP contribution in [0.25, 0.3) is 0 Å². The Labute approximate surface area is 151 Å². The van der Waals surface area contributed by atoms with Gasteiger partial charge in [-0.15, -0.1) is 0 Å². The lowest BCUT2D eigenvalue weighted by Crippen LogP contribution is -2.88. The minimum Gasteiger partial charge on any atom is -0.332 e. The highest BCUT2D eigenvalue weighted by molar-refractivity contribution is 5.94. The lowest BCUT2D eigenvalue weighted by atomic mass is 9.93. The largest absolute Gasteiger partial charge is 0.405 e. The quantitative estimate of drug-likeness (QED) is 0.686. The summed E-state index contributed by atoms with van der Waals surface area (Å²) in [4.78, 5) is 23.1. The van der Waals surface area contributed by atoms with Crippen LogP contribution < -0.4 is 16.0 Å². The third kappa shape index (κ3) is 7.86. The number of imide groups is 1. The van der Waals surface area contributed by atoms with Gasteiger partial charge in [-0.25, -0.2) is 4.79 Å². The maximum atomic E-state index is 12.0. The molecule has 1 aromatic carbocycles. The molecule has 0 aliphatic rings. The number of halogens is 3. The molecule has 1 atom stereocenters. The molecule has 8 heteroatoms. The number of nitrogens with one attached hydrogen (secondary N) is 2. The lowest BCUT2D eigenvalue weighted by molar-refractivity contribution is -0.692. The van der Waals surface area contributed by atoms with Crippen molar-refractivity contribution in [3.63, 3.8) is 0 Å². The monoisotopic (exact) mass is 374 g/mol. The van der Waals surface area contributed by atoms with Crippen LogP contribution in [0, 0.1) is 5.92 Å². The second kappa shape index (κ2) is 9.56. The average molecular weight is 374 g/mol. The molecule has 4 N–H and O–H groups in total. The van der Waals surface area contributed by atoms with Crippen LogP contribution in [0.4, 0.5) is 18.0 Å². The predicted molar refractivity (Wildman–Crippen MR) is 92.5 cm³/mol. The van der Waals surface area contributed by atoms with Crippen LogP contribution in [0.2, 0.25) is 0 Å². The van der Waals surface area contributed by atoms with E-state index in [0.717, 1.165) is 5.56 Å². The van der Waals surface area contributed by atoms with Crippen molar-refractivity contribution in [2.45, 2.75) is 45.8 Å². The van der Waals surface area contributed by atoms with Crippen LogP contribution in [0.3, 0.4) is 0 Å². The van der Waals surface area contributed by atoms with Gasteiger partial charge in [-0.2, -0.15) is 13.2 Å². The Morgan fingerprint density at radius 3 is 2.04 bits per heavy atom. The number of carbonyl (C=O) groups excluding carboxylic acids is 2. The molecule has 0 saturated carbocycles. The molecule has 0 radical (unpaired) electrons. The summed E-state index contributed by atoms with van der Waals surface area (Å²) in [5.41, 5.74) is 2.27. The molecule has 146 valence electrons. The van der Waals surface area contributed by atoms with Crippen molar-refractivity contribution in [1.29, 1.82) is 0 Å². The van der Waals surface area contributed by atoms with Crippen molar-refractivity contribution < 1.29 is 28.1 Å². The summed E-state index contributed by atoms with van der Waals surface area (Å²) in [5.74, 6) is 0.00685. The number of urea groups is 1. The summed E-state index contributed by atoms with van der Waals surface area (Å²) < 4.78 is 36.1. The summed E-state index contributed by atoms with van der Waals surface area (Å²) >= 11 is 0. The fraction of sp³-hybridized carbons (Fsp3) is 0.556. The van der Waals surface area contributed by atoms with Gasteiger partial charge in [0.15, 0.2) is 6.54 Å². The van der Waals surface area contributed by atoms with Crippen LogP contribution in [0.5, 0.6) is 0 Å². The first-order chi connectivity index (χ1) is 12.0. The highest BCUT2D eigenvalue weighted by Gasteiger charge is 2.28. The van der Waals surface area contributed by atoms with Gasteiger partial charge in [0.25, 0.3) is 5.91 Å². The normalized spacial score (nSPS) is 13.0. The smallest absolute Gasteiger partial charge is 0.332 e. The number of hydrogen-bond donors (Lipinski definition) is 3. The van der Waals surface area contributed by atoms with Crippen LogP contribution in [0.1, 0.15) is 50.8 Å². The first-order valence-electron chi connectivity index (χ1n) is 8.57. The van der Waals surface area contributed by atoms with Crippen molar-refractivity contribution in [1.82, 2.24) is 10.6 Å². The van der Waals surface area contributed by atoms with Crippen molar-refractivity contribution in [3.05, 3.63) is 35.4 Å². The predicted octanol–water partition coefficient (Wildman–Crippen LogP) is 2.46. The number of carbonyl (C=O) groups is 2. The van der Waals surface area contributed by atoms with Crippen LogP contribution in [-0.4, -0.2) is 31.2 Å². The van der Waals surface area contributed by atoms with E-state index in [-0.39, 0.29) is 18.5 Å². The maximum absolute atomic E-state index is 12.0. The fourth-order valence-corrected chi connectivity index (χ4v) is 2.53. The molecule has 0 saturated heterocycles. The molecule has 0 aromatic heterocycles. The zero-order valence-electron chi connectivity index (χ0n) is 15.5. The molecule has 0 fully saturated rings. The molecule has 0 bridgehead atoms. The van der Waals surface area contributed by atoms with Gasteiger partial charge < -0.3 is 10.6 Å². The third-order valence-corrected chi connectivity index (χ3v) is 3.97. The van der Waals surface area contributed by atoms with Gasteiger partial charge in [0.05, 0.1) is 0 Å². The van der Waals surface area contributed by atoms with E-state index >= 15 is 0 Å². The summed E-state index contributed by atoms with van der Waals surface area (Å²) in [6, 6.07) is 6.99. The Hall–Kier alpha value is -2.09. The molecule has 1 rings (SSSR count). The minimum atomic E-state index is -4.52. The van der Waals surface area contributed by atoms with Gasteiger partial charge in [-0.3, -0.25) is 10.1 Å². The SMILES string of the molecule is CC(C)c1ccc([C@@H]([NH2+]CC(=O)NC(=O)NCC(F)(F)F)C(C)C)cc1. The number of amides is 3. The van der Waals surface area contributed by atoms with E-state index < -0.39 is 24.7 Å². The summed E-state index contributed by atoms with van der Waals surface area (Å²) in [6.07, 6.45) is -4.52. The van der Waals surface area contributed by atoms with Crippen molar-refractivity contribution in [2.24, 2.45) is 5.92 Å². The minimum absolute atomic E-state index is 0.000184. The lowest BCUT2D eigenvalue weighted by Gasteiger charge is -2.20. The molecule has 3 amide bonds. The second-order valence-corrected chi connectivity index (χ2v) is 6.88. The van der Waals surface area contributed by atoms with Gasteiger partial charge in [-0.05, 0) is 11.5 Å². The molecule has 0 heterocycles. The maximum Gasteiger partial charge on any atom is 0.405 e. The molecule has 5 nitrogen and oxygen atoms in total. The van der Waals surface area contributed by atoms with Crippen LogP contribution in [0.15, 0.2) is 24.3 Å². The van der Waals surface area contributed by atoms with E-state index in [0.29, 0.717) is 5.92 Å². The van der Waals surface area contributed by atoms with E-state index in [2.05, 4.69) is 13.8 Å². The summed E-state index contributed by atoms with van der Waals surface area (Å²) in [7, 11) is 0. The van der Waals surface area contributed by atoms with Gasteiger partial charge in [0.1, 0.15) is 12.6 Å². The summed E-state index contributed by atoms with van der Waals surface area (Å²) in [5, 5.41) is 5.28. The van der Waals surface area contributed by atoms with E-state index in [1.807, 2.05) is 43.4 Å². The zero-order valence-corrected chi connectivity index (χ0v) is 15.5. The number of benzene rings is 1. The Kier molecular flexibility index (Phi) is 8.08. The van der Waals surface area contributed by atoms with Crippen molar-refractivity contribution in [3.8, 4) is 0 Å². The molecule has 0 unspecified atom stereocenters. The number of nitrogens with two attached hydrogens (primary N) is 1. The van der Waals surface area contributed by atoms with Gasteiger partial charge in [0, 0.05) is 11.5 Å². The topological polar surface area (TPSA) is 74.8 Å². The van der Waals surface area contributed by atoms with Crippen molar-refractivity contribution in [2.75, 3.05) is 13.1 Å². The van der Waals surface area contributed by atoms with Gasteiger partial charge in [0.2, 0.25) is 0 Å². The molecule has 0 aliphatic heterocycles. The molecule has 1 aromatic rings. The molecule has 26 heavy (non-hydrogen) atoms. The van der Waals surface area contributed by atoms with Crippen LogP contribution >= 0.6 is 0 Å². The van der Waals surface area contributed by atoms with E-state index in [1.54, 1.807) is 10.6 Å². The van der Waals surface area contributed by atoms with Gasteiger partial charge >= 0.3 is 12.2 Å². The molecular weight excluding hydrogens is 347 g/mol.